The number of rotatable bonds is 5. The zero-order valence-electron chi connectivity index (χ0n) is 15.7. The molecule has 2 heterocycles. The van der Waals surface area contributed by atoms with Crippen molar-refractivity contribution in [2.45, 2.75) is 33.2 Å². The van der Waals surface area contributed by atoms with E-state index >= 15 is 0 Å². The third-order valence-electron chi connectivity index (χ3n) is 4.97. The first kappa shape index (κ1) is 18.4. The lowest BCUT2D eigenvalue weighted by molar-refractivity contribution is -0.123. The highest BCUT2D eigenvalue weighted by atomic mass is 16.2. The van der Waals surface area contributed by atoms with Crippen LogP contribution in [0.4, 0.5) is 0 Å². The average molecular weight is 357 g/mol. The van der Waals surface area contributed by atoms with Crippen LogP contribution in [0.3, 0.4) is 0 Å². The van der Waals surface area contributed by atoms with E-state index in [1.54, 1.807) is 0 Å². The smallest absolute Gasteiger partial charge is 0.275 e. The van der Waals surface area contributed by atoms with Gasteiger partial charge in [-0.25, -0.2) is 0 Å². The average Bonchev–Trinajstić information content (AvgIpc) is 3.04. The fraction of sp³-hybridized carbons (Fsp3) is 0.526. The number of aryl methyl sites for hydroxylation is 1. The Balaban J connectivity index is 1.58. The lowest BCUT2D eigenvalue weighted by Crippen LogP contribution is -2.51. The summed E-state index contributed by atoms with van der Waals surface area (Å²) in [5.41, 5.74) is 2.45. The molecule has 0 bridgehead atoms. The topological polar surface area (TPSA) is 81.3 Å². The Kier molecular flexibility index (Phi) is 5.56. The number of carbonyl (C=O) groups is 2. The summed E-state index contributed by atoms with van der Waals surface area (Å²) < 4.78 is 0. The van der Waals surface area contributed by atoms with E-state index in [4.69, 9.17) is 0 Å². The summed E-state index contributed by atoms with van der Waals surface area (Å²) in [5.74, 6) is -0.00143. The molecule has 1 atom stereocenters. The second kappa shape index (κ2) is 7.86. The fourth-order valence-corrected chi connectivity index (χ4v) is 3.18. The Hall–Kier alpha value is -2.41. The first-order valence-corrected chi connectivity index (χ1v) is 9.23. The SMILES string of the molecule is CC[C@H](C)NC(=O)CN1CCN(C(=O)c2n[nH]c3ccc(C)cc23)CC1. The maximum atomic E-state index is 12.8. The van der Waals surface area contributed by atoms with E-state index in [-0.39, 0.29) is 17.9 Å². The number of nitrogens with one attached hydrogen (secondary N) is 2. The third kappa shape index (κ3) is 4.04. The summed E-state index contributed by atoms with van der Waals surface area (Å²) in [5, 5.41) is 11.0. The molecule has 0 radical (unpaired) electrons. The molecular weight excluding hydrogens is 330 g/mol. The minimum absolute atomic E-state index is 0.0490. The van der Waals surface area contributed by atoms with E-state index in [0.29, 0.717) is 38.4 Å². The predicted octanol–water partition coefficient (Wildman–Crippen LogP) is 1.54. The van der Waals surface area contributed by atoms with Gasteiger partial charge in [-0.3, -0.25) is 19.6 Å². The summed E-state index contributed by atoms with van der Waals surface area (Å²) in [6.45, 7) is 9.05. The molecule has 3 rings (SSSR count). The van der Waals surface area contributed by atoms with E-state index in [1.165, 1.54) is 0 Å². The molecule has 0 spiro atoms. The molecular formula is C19H27N5O2. The number of hydrogen-bond acceptors (Lipinski definition) is 4. The van der Waals surface area contributed by atoms with Crippen LogP contribution in [0.15, 0.2) is 18.2 Å². The normalized spacial score (nSPS) is 16.7. The van der Waals surface area contributed by atoms with Crippen molar-refractivity contribution in [2.75, 3.05) is 32.7 Å². The quantitative estimate of drug-likeness (QED) is 0.851. The first-order chi connectivity index (χ1) is 12.5. The summed E-state index contributed by atoms with van der Waals surface area (Å²) in [4.78, 5) is 28.8. The van der Waals surface area contributed by atoms with Crippen LogP contribution in [0, 0.1) is 6.92 Å². The highest BCUT2D eigenvalue weighted by Crippen LogP contribution is 2.19. The number of aromatic nitrogens is 2. The van der Waals surface area contributed by atoms with Gasteiger partial charge in [0, 0.05) is 37.6 Å². The largest absolute Gasteiger partial charge is 0.353 e. The van der Waals surface area contributed by atoms with Crippen LogP contribution in [-0.2, 0) is 4.79 Å². The van der Waals surface area contributed by atoms with Gasteiger partial charge < -0.3 is 10.2 Å². The molecule has 2 N–H and O–H groups in total. The van der Waals surface area contributed by atoms with E-state index < -0.39 is 0 Å². The zero-order chi connectivity index (χ0) is 18.7. The van der Waals surface area contributed by atoms with Crippen molar-refractivity contribution in [3.63, 3.8) is 0 Å². The van der Waals surface area contributed by atoms with Crippen LogP contribution in [-0.4, -0.2) is 70.6 Å². The molecule has 2 amide bonds. The number of H-pyrrole nitrogens is 1. The molecule has 0 aliphatic carbocycles. The molecule has 26 heavy (non-hydrogen) atoms. The highest BCUT2D eigenvalue weighted by Gasteiger charge is 2.26. The van der Waals surface area contributed by atoms with Crippen molar-refractivity contribution in [1.29, 1.82) is 0 Å². The van der Waals surface area contributed by atoms with E-state index in [0.717, 1.165) is 22.9 Å². The maximum absolute atomic E-state index is 12.8. The number of fused-ring (bicyclic) bond motifs is 1. The van der Waals surface area contributed by atoms with Crippen molar-refractivity contribution in [1.82, 2.24) is 25.3 Å². The number of amides is 2. The van der Waals surface area contributed by atoms with Crippen LogP contribution in [0.5, 0.6) is 0 Å². The lowest BCUT2D eigenvalue weighted by Gasteiger charge is -2.34. The van der Waals surface area contributed by atoms with Crippen LogP contribution in [0.2, 0.25) is 0 Å². The van der Waals surface area contributed by atoms with Gasteiger partial charge in [0.15, 0.2) is 5.69 Å². The molecule has 140 valence electrons. The van der Waals surface area contributed by atoms with Gasteiger partial charge in [-0.1, -0.05) is 18.6 Å². The maximum Gasteiger partial charge on any atom is 0.275 e. The van der Waals surface area contributed by atoms with Crippen molar-refractivity contribution >= 4 is 22.7 Å². The van der Waals surface area contributed by atoms with Gasteiger partial charge in [0.05, 0.1) is 12.1 Å². The van der Waals surface area contributed by atoms with Crippen molar-refractivity contribution < 1.29 is 9.59 Å². The van der Waals surface area contributed by atoms with Crippen LogP contribution in [0.1, 0.15) is 36.3 Å². The second-order valence-corrected chi connectivity index (χ2v) is 7.07. The molecule has 1 aromatic heterocycles. The summed E-state index contributed by atoms with van der Waals surface area (Å²) in [6, 6.07) is 6.13. The van der Waals surface area contributed by atoms with Crippen molar-refractivity contribution in [2.24, 2.45) is 0 Å². The van der Waals surface area contributed by atoms with Crippen molar-refractivity contribution in [3.8, 4) is 0 Å². The van der Waals surface area contributed by atoms with Gasteiger partial charge in [-0.05, 0) is 32.4 Å². The Bertz CT molecular complexity index is 792. The molecule has 1 aromatic carbocycles. The Morgan fingerprint density at radius 3 is 2.69 bits per heavy atom. The molecule has 1 aliphatic heterocycles. The molecule has 0 saturated carbocycles. The number of carbonyl (C=O) groups excluding carboxylic acids is 2. The number of nitrogens with zero attached hydrogens (tertiary/aromatic N) is 3. The summed E-state index contributed by atoms with van der Waals surface area (Å²) >= 11 is 0. The predicted molar refractivity (Wildman–Crippen MR) is 101 cm³/mol. The van der Waals surface area contributed by atoms with Crippen LogP contribution < -0.4 is 5.32 Å². The monoisotopic (exact) mass is 357 g/mol. The Labute approximate surface area is 153 Å². The van der Waals surface area contributed by atoms with Gasteiger partial charge in [0.1, 0.15) is 0 Å². The minimum atomic E-state index is -0.0504. The Morgan fingerprint density at radius 1 is 1.27 bits per heavy atom. The molecule has 7 heteroatoms. The van der Waals surface area contributed by atoms with Crippen LogP contribution in [0.25, 0.3) is 10.9 Å². The molecule has 2 aromatic rings. The van der Waals surface area contributed by atoms with Gasteiger partial charge in [-0.15, -0.1) is 0 Å². The first-order valence-electron chi connectivity index (χ1n) is 9.23. The Morgan fingerprint density at radius 2 is 2.00 bits per heavy atom. The summed E-state index contributed by atoms with van der Waals surface area (Å²) in [6.07, 6.45) is 0.922. The minimum Gasteiger partial charge on any atom is -0.353 e. The van der Waals surface area contributed by atoms with Gasteiger partial charge >= 0.3 is 0 Å². The summed E-state index contributed by atoms with van der Waals surface area (Å²) in [7, 11) is 0. The number of benzene rings is 1. The van der Waals surface area contributed by atoms with Gasteiger partial charge in [0.2, 0.25) is 5.91 Å². The molecule has 1 aliphatic rings. The third-order valence-corrected chi connectivity index (χ3v) is 4.97. The van der Waals surface area contributed by atoms with Gasteiger partial charge in [0.25, 0.3) is 5.91 Å². The second-order valence-electron chi connectivity index (χ2n) is 7.07. The van der Waals surface area contributed by atoms with E-state index in [1.807, 2.05) is 36.9 Å². The number of aromatic amines is 1. The fourth-order valence-electron chi connectivity index (χ4n) is 3.18. The number of hydrogen-bond donors (Lipinski definition) is 2. The highest BCUT2D eigenvalue weighted by molar-refractivity contribution is 6.04. The zero-order valence-corrected chi connectivity index (χ0v) is 15.7. The van der Waals surface area contributed by atoms with Crippen LogP contribution >= 0.6 is 0 Å². The lowest BCUT2D eigenvalue weighted by atomic mass is 10.1. The molecule has 1 saturated heterocycles. The van der Waals surface area contributed by atoms with E-state index in [9.17, 15) is 9.59 Å². The van der Waals surface area contributed by atoms with E-state index in [2.05, 4.69) is 27.3 Å². The number of piperazine rings is 1. The molecule has 0 unspecified atom stereocenters. The molecule has 1 fully saturated rings. The van der Waals surface area contributed by atoms with Crippen molar-refractivity contribution in [3.05, 3.63) is 29.5 Å². The van der Waals surface area contributed by atoms with Gasteiger partial charge in [-0.2, -0.15) is 5.10 Å². The molecule has 7 nitrogen and oxygen atoms in total. The standard InChI is InChI=1S/C19H27N5O2/c1-4-14(3)20-17(25)12-23-7-9-24(10-8-23)19(26)18-15-11-13(2)5-6-16(15)21-22-18/h5-6,11,14H,4,7-10,12H2,1-3H3,(H,20,25)(H,21,22)/t14-/m0/s1.